The maximum absolute atomic E-state index is 13.6. The fourth-order valence-electron chi connectivity index (χ4n) is 7.30. The van der Waals surface area contributed by atoms with E-state index in [4.69, 9.17) is 0 Å². The van der Waals surface area contributed by atoms with Crippen LogP contribution in [0.4, 0.5) is 11.4 Å². The van der Waals surface area contributed by atoms with Gasteiger partial charge in [0.1, 0.15) is 22.5 Å². The second kappa shape index (κ2) is 13.7. The van der Waals surface area contributed by atoms with Crippen LogP contribution in [0.3, 0.4) is 0 Å². The molecule has 4 aromatic rings. The minimum atomic E-state index is -0.851. The van der Waals surface area contributed by atoms with Crippen LogP contribution in [-0.4, -0.2) is 55.0 Å². The van der Waals surface area contributed by atoms with Crippen molar-refractivity contribution in [3.05, 3.63) is 106 Å². The molecule has 4 aliphatic carbocycles. The molecule has 2 heterocycles. The minimum Gasteiger partial charge on any atom is -0.480 e. The van der Waals surface area contributed by atoms with Crippen molar-refractivity contribution < 1.29 is 29.4 Å². The molecule has 0 saturated heterocycles. The number of aliphatic carboxylic acids is 2. The molecule has 4 saturated carbocycles. The van der Waals surface area contributed by atoms with Gasteiger partial charge in [-0.05, 0) is 146 Å². The summed E-state index contributed by atoms with van der Waals surface area (Å²) in [5.41, 5.74) is 7.66. The number of hydrogen-bond donors (Lipinski definition) is 6. The molecular weight excluding hydrogens is 684 g/mol. The first-order chi connectivity index (χ1) is 26.0. The summed E-state index contributed by atoms with van der Waals surface area (Å²) >= 11 is 0. The highest BCUT2D eigenvalue weighted by atomic mass is 16.4. The summed E-state index contributed by atoms with van der Waals surface area (Å²) in [7, 11) is 0. The van der Waals surface area contributed by atoms with Crippen molar-refractivity contribution in [2.24, 2.45) is 0 Å². The highest BCUT2D eigenvalue weighted by molar-refractivity contribution is 6.05. The summed E-state index contributed by atoms with van der Waals surface area (Å²) in [4.78, 5) is 59.4. The van der Waals surface area contributed by atoms with Crippen LogP contribution in [0.2, 0.25) is 0 Å². The van der Waals surface area contributed by atoms with Crippen LogP contribution < -0.4 is 21.3 Å². The molecule has 0 aliphatic heterocycles. The number of benzene rings is 2. The Morgan fingerprint density at radius 2 is 1.04 bits per heavy atom. The Morgan fingerprint density at radius 3 is 1.37 bits per heavy atom. The molecule has 4 aliphatic rings. The lowest BCUT2D eigenvalue weighted by atomic mass is 9.94. The molecule has 278 valence electrons. The first-order valence-electron chi connectivity index (χ1n) is 18.7. The number of hydrogen-bond acceptors (Lipinski definition) is 8. The van der Waals surface area contributed by atoms with Gasteiger partial charge in [0.25, 0.3) is 11.8 Å². The molecule has 8 rings (SSSR count). The third kappa shape index (κ3) is 7.11. The van der Waals surface area contributed by atoms with Gasteiger partial charge in [-0.3, -0.25) is 39.8 Å². The van der Waals surface area contributed by atoms with Gasteiger partial charge in [-0.15, -0.1) is 0 Å². The topological polar surface area (TPSA) is 183 Å². The van der Waals surface area contributed by atoms with Crippen LogP contribution in [0.25, 0.3) is 11.1 Å². The van der Waals surface area contributed by atoms with Crippen molar-refractivity contribution >= 4 is 35.1 Å². The first kappa shape index (κ1) is 35.6. The molecule has 0 spiro atoms. The summed E-state index contributed by atoms with van der Waals surface area (Å²) in [6, 6.07) is 15.1. The summed E-state index contributed by atoms with van der Waals surface area (Å²) in [5, 5.41) is 31.6. The summed E-state index contributed by atoms with van der Waals surface area (Å²) in [6.07, 6.45) is 9.94. The number of nitrogens with zero attached hydrogens (tertiary/aromatic N) is 2. The fourth-order valence-corrected chi connectivity index (χ4v) is 7.30. The van der Waals surface area contributed by atoms with E-state index in [1.54, 1.807) is 12.4 Å². The van der Waals surface area contributed by atoms with Crippen molar-refractivity contribution in [1.82, 2.24) is 20.6 Å². The standard InChI is InChI=1S/C42H44N6O6/c1-23-29(5-3-7-33(23)47-37(49)35-17-31(25-9-10-25)27(19-43-35)21-45-41(13-14-41)39(51)52)30-6-4-8-34(24(30)2)48-38(50)36-18-32(26-11-12-26)28(20-44-36)22-46-42(15-16-42)40(53)54/h3-8,17-20,25-26,45-46H,9-16,21-22H2,1-2H3,(H,47,49)(H,48,50)(H,51,52)(H,53,54). The van der Waals surface area contributed by atoms with Crippen molar-refractivity contribution in [3.63, 3.8) is 0 Å². The average Bonchev–Trinajstić information content (AvgIpc) is 3.96. The van der Waals surface area contributed by atoms with Crippen LogP contribution in [0.15, 0.2) is 60.9 Å². The van der Waals surface area contributed by atoms with Crippen molar-refractivity contribution in [2.45, 2.75) is 101 Å². The number of pyridine rings is 2. The molecule has 0 radical (unpaired) electrons. The Kier molecular flexibility index (Phi) is 9.06. The maximum Gasteiger partial charge on any atom is 0.323 e. The largest absolute Gasteiger partial charge is 0.480 e. The van der Waals surface area contributed by atoms with Gasteiger partial charge in [0, 0.05) is 36.9 Å². The van der Waals surface area contributed by atoms with E-state index in [-0.39, 0.29) is 11.8 Å². The zero-order valence-corrected chi connectivity index (χ0v) is 30.4. The summed E-state index contributed by atoms with van der Waals surface area (Å²) in [5.74, 6) is -1.63. The van der Waals surface area contributed by atoms with Crippen LogP contribution >= 0.6 is 0 Å². The second-order valence-corrected chi connectivity index (χ2v) is 15.4. The van der Waals surface area contributed by atoms with Gasteiger partial charge in [-0.2, -0.15) is 0 Å². The summed E-state index contributed by atoms with van der Waals surface area (Å²) < 4.78 is 0. The smallest absolute Gasteiger partial charge is 0.323 e. The molecule has 0 unspecified atom stereocenters. The van der Waals surface area contributed by atoms with Crippen molar-refractivity contribution in [1.29, 1.82) is 0 Å². The lowest BCUT2D eigenvalue weighted by molar-refractivity contribution is -0.141. The molecule has 0 atom stereocenters. The molecule has 0 bridgehead atoms. The Bertz CT molecular complexity index is 2050. The minimum absolute atomic E-state index is 0.306. The average molecular weight is 729 g/mol. The van der Waals surface area contributed by atoms with Gasteiger partial charge in [-0.1, -0.05) is 24.3 Å². The number of nitrogens with one attached hydrogen (secondary N) is 4. The molecule has 2 aromatic heterocycles. The highest BCUT2D eigenvalue weighted by Gasteiger charge is 2.50. The number of amides is 2. The molecule has 12 nitrogen and oxygen atoms in total. The highest BCUT2D eigenvalue weighted by Crippen LogP contribution is 2.44. The van der Waals surface area contributed by atoms with E-state index in [0.717, 1.165) is 70.2 Å². The Morgan fingerprint density at radius 1 is 0.648 bits per heavy atom. The van der Waals surface area contributed by atoms with E-state index in [9.17, 15) is 29.4 Å². The normalized spacial score (nSPS) is 17.7. The van der Waals surface area contributed by atoms with Gasteiger partial charge in [0.2, 0.25) is 0 Å². The first-order valence-corrected chi connectivity index (χ1v) is 18.7. The molecule has 2 aromatic carbocycles. The molecule has 54 heavy (non-hydrogen) atoms. The second-order valence-electron chi connectivity index (χ2n) is 15.4. The van der Waals surface area contributed by atoms with Crippen molar-refractivity contribution in [3.8, 4) is 11.1 Å². The fraction of sp³-hybridized carbons (Fsp3) is 0.381. The Labute approximate surface area is 313 Å². The van der Waals surface area contributed by atoms with Crippen LogP contribution in [0, 0.1) is 13.8 Å². The number of anilines is 2. The van der Waals surface area contributed by atoms with Crippen LogP contribution in [0.5, 0.6) is 0 Å². The van der Waals surface area contributed by atoms with E-state index in [2.05, 4.69) is 31.2 Å². The van der Waals surface area contributed by atoms with E-state index in [0.29, 0.717) is 73.4 Å². The molecule has 6 N–H and O–H groups in total. The quantitative estimate of drug-likeness (QED) is 0.0798. The van der Waals surface area contributed by atoms with Crippen LogP contribution in [0.1, 0.15) is 118 Å². The van der Waals surface area contributed by atoms with E-state index >= 15 is 0 Å². The SMILES string of the molecule is Cc1c(NC(=O)c2cc(C3CC3)c(CNC3(C(=O)O)CC3)cn2)cccc1-c1cccc(NC(=O)c2cc(C3CC3)c(CNC3(C(=O)O)CC3)cn2)c1C. The third-order valence-corrected chi connectivity index (χ3v) is 11.6. The van der Waals surface area contributed by atoms with Gasteiger partial charge in [0.05, 0.1) is 0 Å². The van der Waals surface area contributed by atoms with Gasteiger partial charge in [-0.25, -0.2) is 0 Å². The van der Waals surface area contributed by atoms with E-state index in [1.165, 1.54) is 0 Å². The number of carboxylic acids is 2. The van der Waals surface area contributed by atoms with Gasteiger partial charge >= 0.3 is 11.9 Å². The number of carbonyl (C=O) groups excluding carboxylic acids is 2. The Hall–Kier alpha value is -5.46. The Balaban J connectivity index is 0.970. The number of carbonyl (C=O) groups is 4. The predicted molar refractivity (Wildman–Crippen MR) is 203 cm³/mol. The predicted octanol–water partition coefficient (Wildman–Crippen LogP) is 6.43. The summed E-state index contributed by atoms with van der Waals surface area (Å²) in [6.45, 7) is 4.69. The molecule has 4 fully saturated rings. The zero-order chi connectivity index (χ0) is 37.8. The maximum atomic E-state index is 13.6. The van der Waals surface area contributed by atoms with Gasteiger partial charge < -0.3 is 20.8 Å². The molecular formula is C42H44N6O6. The monoisotopic (exact) mass is 728 g/mol. The van der Waals surface area contributed by atoms with Crippen LogP contribution in [-0.2, 0) is 22.7 Å². The van der Waals surface area contributed by atoms with E-state index in [1.807, 2.05) is 62.4 Å². The van der Waals surface area contributed by atoms with E-state index < -0.39 is 23.0 Å². The zero-order valence-electron chi connectivity index (χ0n) is 30.4. The number of rotatable bonds is 15. The van der Waals surface area contributed by atoms with Gasteiger partial charge in [0.15, 0.2) is 0 Å². The molecule has 2 amide bonds. The van der Waals surface area contributed by atoms with Crippen molar-refractivity contribution in [2.75, 3.05) is 10.6 Å². The number of carboxylic acid groups (broad SMARTS) is 2. The number of aromatic nitrogens is 2. The lowest BCUT2D eigenvalue weighted by Crippen LogP contribution is -2.38. The lowest BCUT2D eigenvalue weighted by Gasteiger charge is -2.18. The molecule has 12 heteroatoms. The third-order valence-electron chi connectivity index (χ3n) is 11.6.